The molecule has 3 aromatic rings. The van der Waals surface area contributed by atoms with Gasteiger partial charge < -0.3 is 4.57 Å². The zero-order chi connectivity index (χ0) is 19.0. The van der Waals surface area contributed by atoms with E-state index in [0.717, 1.165) is 36.8 Å². The number of benzene rings is 1. The van der Waals surface area contributed by atoms with E-state index in [2.05, 4.69) is 37.4 Å². The molecule has 4 rings (SSSR count). The molecule has 2 aromatic heterocycles. The van der Waals surface area contributed by atoms with Crippen LogP contribution in [0.25, 0.3) is 11.0 Å². The molecule has 27 heavy (non-hydrogen) atoms. The second-order valence-corrected chi connectivity index (χ2v) is 9.65. The van der Waals surface area contributed by atoms with Crippen molar-refractivity contribution in [2.24, 2.45) is 5.92 Å². The van der Waals surface area contributed by atoms with E-state index in [1.54, 1.807) is 28.8 Å². The van der Waals surface area contributed by atoms with Gasteiger partial charge in [0.2, 0.25) is 10.0 Å². The van der Waals surface area contributed by atoms with Crippen LogP contribution in [0.2, 0.25) is 0 Å². The van der Waals surface area contributed by atoms with Crippen LogP contribution in [0.1, 0.15) is 38.6 Å². The topological polar surface area (TPSA) is 93.9 Å². The Kier molecular flexibility index (Phi) is 4.95. The van der Waals surface area contributed by atoms with E-state index in [9.17, 15) is 8.42 Å². The van der Waals surface area contributed by atoms with Gasteiger partial charge in [-0.3, -0.25) is 0 Å². The van der Waals surface area contributed by atoms with Crippen LogP contribution < -0.4 is 0 Å². The van der Waals surface area contributed by atoms with Gasteiger partial charge in [-0.1, -0.05) is 6.07 Å². The second kappa shape index (κ2) is 7.25. The van der Waals surface area contributed by atoms with Crippen molar-refractivity contribution < 1.29 is 8.42 Å². The first kappa shape index (κ1) is 18.5. The number of aromatic nitrogens is 5. The van der Waals surface area contributed by atoms with Gasteiger partial charge in [0, 0.05) is 25.6 Å². The summed E-state index contributed by atoms with van der Waals surface area (Å²) < 4.78 is 38.5. The minimum Gasteiger partial charge on any atom is -0.315 e. The molecule has 0 aliphatic carbocycles. The number of hydrogen-bond donors (Lipinski definition) is 0. The number of nitrogens with zero attached hydrogens (tertiary/aromatic N) is 6. The van der Waals surface area contributed by atoms with Crippen LogP contribution in [0, 0.1) is 5.92 Å². The molecule has 8 nitrogen and oxygen atoms in total. The van der Waals surface area contributed by atoms with Gasteiger partial charge in [-0.25, -0.2) is 8.42 Å². The fraction of sp³-hybridized carbons (Fsp3) is 0.529. The molecule has 0 bridgehead atoms. The first-order chi connectivity index (χ1) is 13.0. The molecular formula is C17H22N6O2S2. The summed E-state index contributed by atoms with van der Waals surface area (Å²) in [4.78, 5) is 0.250. The highest BCUT2D eigenvalue weighted by atomic mass is 32.2. The van der Waals surface area contributed by atoms with Gasteiger partial charge in [0.1, 0.15) is 28.1 Å². The molecule has 144 valence electrons. The lowest BCUT2D eigenvalue weighted by Crippen LogP contribution is -2.40. The van der Waals surface area contributed by atoms with Crippen molar-refractivity contribution in [2.75, 3.05) is 13.1 Å². The molecule has 1 aliphatic rings. The van der Waals surface area contributed by atoms with E-state index in [4.69, 9.17) is 0 Å². The number of fused-ring (bicyclic) bond motifs is 1. The van der Waals surface area contributed by atoms with Crippen molar-refractivity contribution in [3.63, 3.8) is 0 Å². The monoisotopic (exact) mass is 406 g/mol. The van der Waals surface area contributed by atoms with Gasteiger partial charge in [-0.2, -0.15) is 13.1 Å². The molecule has 0 radical (unpaired) electrons. The first-order valence-corrected chi connectivity index (χ1v) is 11.2. The van der Waals surface area contributed by atoms with E-state index in [-0.39, 0.29) is 16.9 Å². The third-order valence-electron chi connectivity index (χ3n) is 5.02. The van der Waals surface area contributed by atoms with Crippen molar-refractivity contribution in [2.45, 2.75) is 44.0 Å². The lowest BCUT2D eigenvalue weighted by atomic mass is 9.96. The summed E-state index contributed by atoms with van der Waals surface area (Å²) in [5.74, 6) is 1.14. The molecular weight excluding hydrogens is 384 g/mol. The molecule has 1 atom stereocenters. The van der Waals surface area contributed by atoms with Gasteiger partial charge in [0.05, 0.1) is 11.7 Å². The Hall–Kier alpha value is -1.91. The van der Waals surface area contributed by atoms with Crippen LogP contribution in [-0.4, -0.2) is 49.3 Å². The summed E-state index contributed by atoms with van der Waals surface area (Å²) in [5, 5.41) is 8.26. The molecule has 1 unspecified atom stereocenters. The molecule has 1 aliphatic heterocycles. The average Bonchev–Trinajstić information content (AvgIpc) is 3.30. The average molecular weight is 407 g/mol. The maximum atomic E-state index is 13.3. The Morgan fingerprint density at radius 3 is 2.96 bits per heavy atom. The summed E-state index contributed by atoms with van der Waals surface area (Å²) >= 11 is 1.04. The van der Waals surface area contributed by atoms with E-state index in [1.807, 2.05) is 0 Å². The summed E-state index contributed by atoms with van der Waals surface area (Å²) in [6, 6.07) is 5.42. The molecule has 3 heterocycles. The van der Waals surface area contributed by atoms with Crippen molar-refractivity contribution in [1.29, 1.82) is 0 Å². The molecule has 1 aromatic carbocycles. The van der Waals surface area contributed by atoms with Crippen LogP contribution in [0.5, 0.6) is 0 Å². The zero-order valence-electron chi connectivity index (χ0n) is 15.3. The minimum absolute atomic E-state index is 0.225. The number of sulfonamides is 1. The molecule has 1 fully saturated rings. The zero-order valence-corrected chi connectivity index (χ0v) is 16.9. The highest BCUT2D eigenvalue weighted by Crippen LogP contribution is 2.29. The van der Waals surface area contributed by atoms with Gasteiger partial charge in [-0.05, 0) is 44.7 Å². The predicted molar refractivity (Wildman–Crippen MR) is 103 cm³/mol. The lowest BCUT2D eigenvalue weighted by Gasteiger charge is -2.32. The first-order valence-electron chi connectivity index (χ1n) is 9.06. The van der Waals surface area contributed by atoms with E-state index < -0.39 is 10.0 Å². The molecule has 0 amide bonds. The van der Waals surface area contributed by atoms with Crippen molar-refractivity contribution in [3.05, 3.63) is 30.4 Å². The molecule has 0 saturated carbocycles. The fourth-order valence-electron chi connectivity index (χ4n) is 3.64. The van der Waals surface area contributed by atoms with Crippen LogP contribution in [-0.2, 0) is 16.4 Å². The van der Waals surface area contributed by atoms with Crippen LogP contribution in [0.3, 0.4) is 0 Å². The SMILES string of the molecule is CC(C)n1cnnc1CC1CCCN(S(=O)(=O)c2cccc3nsnc23)C1. The third-order valence-corrected chi connectivity index (χ3v) is 7.46. The van der Waals surface area contributed by atoms with Crippen molar-refractivity contribution >= 4 is 32.8 Å². The standard InChI is InChI=1S/C17H22N6O2S2/c1-12(2)23-11-18-19-16(23)9-13-5-4-8-22(10-13)27(24,25)15-7-3-6-14-17(15)21-26-20-14/h3,6-7,11-13H,4-5,8-10H2,1-2H3. The molecule has 0 N–H and O–H groups in total. The lowest BCUT2D eigenvalue weighted by molar-refractivity contribution is 0.260. The molecule has 10 heteroatoms. The van der Waals surface area contributed by atoms with Gasteiger partial charge in [0.25, 0.3) is 0 Å². The van der Waals surface area contributed by atoms with Crippen molar-refractivity contribution in [3.8, 4) is 0 Å². The van der Waals surface area contributed by atoms with E-state index in [1.165, 1.54) is 0 Å². The number of rotatable bonds is 5. The number of piperidine rings is 1. The van der Waals surface area contributed by atoms with E-state index in [0.29, 0.717) is 24.1 Å². The highest BCUT2D eigenvalue weighted by Gasteiger charge is 2.32. The Balaban J connectivity index is 1.57. The fourth-order valence-corrected chi connectivity index (χ4v) is 5.95. The molecule has 0 spiro atoms. The Morgan fingerprint density at radius 1 is 1.30 bits per heavy atom. The summed E-state index contributed by atoms with van der Waals surface area (Å²) in [6.07, 6.45) is 4.30. The minimum atomic E-state index is -3.60. The maximum absolute atomic E-state index is 13.3. The third kappa shape index (κ3) is 3.48. The van der Waals surface area contributed by atoms with Crippen LogP contribution in [0.15, 0.2) is 29.4 Å². The Bertz CT molecular complexity index is 1040. The summed E-state index contributed by atoms with van der Waals surface area (Å²) in [6.45, 7) is 5.20. The summed E-state index contributed by atoms with van der Waals surface area (Å²) in [5.41, 5.74) is 1.09. The van der Waals surface area contributed by atoms with Crippen LogP contribution in [0.4, 0.5) is 0 Å². The quantitative estimate of drug-likeness (QED) is 0.646. The van der Waals surface area contributed by atoms with Gasteiger partial charge in [-0.15, -0.1) is 10.2 Å². The van der Waals surface area contributed by atoms with Crippen LogP contribution >= 0.6 is 11.7 Å². The maximum Gasteiger partial charge on any atom is 0.245 e. The van der Waals surface area contributed by atoms with Gasteiger partial charge in [0.15, 0.2) is 0 Å². The molecule has 1 saturated heterocycles. The number of hydrogen-bond acceptors (Lipinski definition) is 7. The van der Waals surface area contributed by atoms with Crippen molar-refractivity contribution in [1.82, 2.24) is 27.8 Å². The van der Waals surface area contributed by atoms with E-state index >= 15 is 0 Å². The second-order valence-electron chi connectivity index (χ2n) is 7.21. The largest absolute Gasteiger partial charge is 0.315 e. The Labute approximate surface area is 162 Å². The van der Waals surface area contributed by atoms with Gasteiger partial charge >= 0.3 is 0 Å². The predicted octanol–water partition coefficient (Wildman–Crippen LogP) is 2.51. The Morgan fingerprint density at radius 2 is 2.15 bits per heavy atom. The normalized spacial score (nSPS) is 19.1. The smallest absolute Gasteiger partial charge is 0.245 e. The highest BCUT2D eigenvalue weighted by molar-refractivity contribution is 7.89. The summed E-state index contributed by atoms with van der Waals surface area (Å²) in [7, 11) is -3.60.